The molecule has 2 amide bonds. The second-order valence-electron chi connectivity index (χ2n) is 7.76. The van der Waals surface area contributed by atoms with Crippen LogP contribution in [0.5, 0.6) is 0 Å². The molecule has 0 aliphatic carbocycles. The monoisotopic (exact) mass is 337 g/mol. The summed E-state index contributed by atoms with van der Waals surface area (Å²) in [4.78, 5) is 26.3. The summed E-state index contributed by atoms with van der Waals surface area (Å²) in [6.07, 6.45) is 2.26. The molecule has 1 N–H and O–H groups in total. The third kappa shape index (κ3) is 7.62. The Morgan fingerprint density at radius 2 is 2.04 bits per heavy atom. The van der Waals surface area contributed by atoms with Crippen LogP contribution in [-0.2, 0) is 9.59 Å². The van der Waals surface area contributed by atoms with Gasteiger partial charge < -0.3 is 14.7 Å². The van der Waals surface area contributed by atoms with E-state index in [0.717, 1.165) is 12.8 Å². The Labute approximate surface area is 145 Å². The van der Waals surface area contributed by atoms with Crippen LogP contribution in [0, 0.1) is 18.3 Å². The molecule has 6 heteroatoms. The zero-order valence-electron chi connectivity index (χ0n) is 15.8. The van der Waals surface area contributed by atoms with Gasteiger partial charge in [-0.05, 0) is 31.1 Å². The summed E-state index contributed by atoms with van der Waals surface area (Å²) in [6, 6.07) is 1.65. The number of aryl methyl sites for hydroxylation is 1. The number of carbonyl (C=O) groups is 2. The number of anilines is 1. The highest BCUT2D eigenvalue weighted by atomic mass is 16.5. The van der Waals surface area contributed by atoms with Crippen molar-refractivity contribution in [2.24, 2.45) is 11.3 Å². The summed E-state index contributed by atoms with van der Waals surface area (Å²) in [5.74, 6) is 1.07. The Hall–Kier alpha value is -1.85. The average Bonchev–Trinajstić information content (AvgIpc) is 2.81. The second kappa shape index (κ2) is 8.85. The van der Waals surface area contributed by atoms with Gasteiger partial charge in [0, 0.05) is 19.0 Å². The molecule has 136 valence electrons. The molecule has 1 aromatic rings. The highest BCUT2D eigenvalue weighted by molar-refractivity contribution is 5.93. The van der Waals surface area contributed by atoms with Gasteiger partial charge in [0.05, 0.1) is 6.54 Å². The standard InChI is InChI=1S/C18H31N3O3/c1-7-8-21(17(23)9-13(2)11-18(4,5)6)12-16(22)19-15-10-14(3)24-20-15/h10,13H,7-9,11-12H2,1-6H3,(H,19,20,22)/t13-/m0/s1. The van der Waals surface area contributed by atoms with Crippen molar-refractivity contribution < 1.29 is 14.1 Å². The molecule has 0 saturated carbocycles. The molecule has 1 atom stereocenters. The van der Waals surface area contributed by atoms with Crippen molar-refractivity contribution in [1.82, 2.24) is 10.1 Å². The van der Waals surface area contributed by atoms with Crippen LogP contribution in [0.3, 0.4) is 0 Å². The van der Waals surface area contributed by atoms with Gasteiger partial charge >= 0.3 is 0 Å². The molecule has 6 nitrogen and oxygen atoms in total. The van der Waals surface area contributed by atoms with Gasteiger partial charge in [-0.25, -0.2) is 0 Å². The first-order chi connectivity index (χ1) is 11.1. The fourth-order valence-electron chi connectivity index (χ4n) is 2.89. The quantitative estimate of drug-likeness (QED) is 0.786. The number of hydrogen-bond acceptors (Lipinski definition) is 4. The Morgan fingerprint density at radius 1 is 1.38 bits per heavy atom. The fourth-order valence-corrected chi connectivity index (χ4v) is 2.89. The van der Waals surface area contributed by atoms with Crippen molar-refractivity contribution >= 4 is 17.6 Å². The number of aromatic nitrogens is 1. The van der Waals surface area contributed by atoms with Crippen LogP contribution >= 0.6 is 0 Å². The molecule has 0 radical (unpaired) electrons. The summed E-state index contributed by atoms with van der Waals surface area (Å²) in [5.41, 5.74) is 0.192. The lowest BCUT2D eigenvalue weighted by molar-refractivity contribution is -0.135. The van der Waals surface area contributed by atoms with Crippen molar-refractivity contribution in [3.05, 3.63) is 11.8 Å². The second-order valence-corrected chi connectivity index (χ2v) is 7.76. The van der Waals surface area contributed by atoms with E-state index in [-0.39, 0.29) is 29.7 Å². The van der Waals surface area contributed by atoms with Gasteiger partial charge in [0.1, 0.15) is 5.76 Å². The molecule has 0 spiro atoms. The van der Waals surface area contributed by atoms with E-state index in [4.69, 9.17) is 4.52 Å². The molecule has 0 saturated heterocycles. The molecule has 1 heterocycles. The van der Waals surface area contributed by atoms with Crippen LogP contribution in [0.4, 0.5) is 5.82 Å². The molecule has 1 rings (SSSR count). The smallest absolute Gasteiger partial charge is 0.245 e. The lowest BCUT2D eigenvalue weighted by Gasteiger charge is -2.26. The molecular formula is C18H31N3O3. The molecule has 1 aromatic heterocycles. The van der Waals surface area contributed by atoms with E-state index in [2.05, 4.69) is 38.2 Å². The van der Waals surface area contributed by atoms with Crippen molar-refractivity contribution in [3.8, 4) is 0 Å². The molecule has 0 bridgehead atoms. The maximum absolute atomic E-state index is 12.5. The van der Waals surface area contributed by atoms with Crippen LogP contribution in [0.2, 0.25) is 0 Å². The number of amides is 2. The summed E-state index contributed by atoms with van der Waals surface area (Å²) in [7, 11) is 0. The lowest BCUT2D eigenvalue weighted by atomic mass is 9.84. The van der Waals surface area contributed by atoms with Gasteiger partial charge in [0.25, 0.3) is 0 Å². The van der Waals surface area contributed by atoms with Gasteiger partial charge in [-0.3, -0.25) is 9.59 Å². The van der Waals surface area contributed by atoms with Gasteiger partial charge in [0.2, 0.25) is 11.8 Å². The summed E-state index contributed by atoms with van der Waals surface area (Å²) in [5, 5.41) is 6.39. The molecule has 0 unspecified atom stereocenters. The molecule has 0 fully saturated rings. The number of carbonyl (C=O) groups excluding carboxylic acids is 2. The zero-order valence-corrected chi connectivity index (χ0v) is 15.8. The van der Waals surface area contributed by atoms with E-state index < -0.39 is 0 Å². The minimum Gasteiger partial charge on any atom is -0.360 e. The van der Waals surface area contributed by atoms with Crippen LogP contribution < -0.4 is 5.32 Å². The van der Waals surface area contributed by atoms with Crippen LogP contribution in [0.25, 0.3) is 0 Å². The number of nitrogens with one attached hydrogen (secondary N) is 1. The van der Waals surface area contributed by atoms with Crippen molar-refractivity contribution in [3.63, 3.8) is 0 Å². The van der Waals surface area contributed by atoms with Gasteiger partial charge in [-0.1, -0.05) is 39.8 Å². The van der Waals surface area contributed by atoms with Gasteiger partial charge in [0.15, 0.2) is 5.82 Å². The molecule has 0 aliphatic rings. The topological polar surface area (TPSA) is 75.4 Å². The maximum Gasteiger partial charge on any atom is 0.245 e. The predicted octanol–water partition coefficient (Wildman–Crippen LogP) is 3.62. The summed E-state index contributed by atoms with van der Waals surface area (Å²) < 4.78 is 4.92. The minimum absolute atomic E-state index is 0.0279. The predicted molar refractivity (Wildman–Crippen MR) is 94.6 cm³/mol. The third-order valence-electron chi connectivity index (χ3n) is 3.56. The highest BCUT2D eigenvalue weighted by Gasteiger charge is 2.22. The molecule has 0 aliphatic heterocycles. The van der Waals surface area contributed by atoms with Gasteiger partial charge in [-0.2, -0.15) is 0 Å². The average molecular weight is 337 g/mol. The minimum atomic E-state index is -0.256. The molecule has 0 aromatic carbocycles. The van der Waals surface area contributed by atoms with Crippen molar-refractivity contribution in [2.75, 3.05) is 18.4 Å². The zero-order chi connectivity index (χ0) is 18.3. The van der Waals surface area contributed by atoms with Crippen molar-refractivity contribution in [2.45, 2.75) is 60.8 Å². The van der Waals surface area contributed by atoms with Gasteiger partial charge in [-0.15, -0.1) is 0 Å². The van der Waals surface area contributed by atoms with E-state index in [0.29, 0.717) is 24.5 Å². The van der Waals surface area contributed by atoms with E-state index in [1.54, 1.807) is 17.9 Å². The van der Waals surface area contributed by atoms with E-state index in [1.165, 1.54) is 0 Å². The molecule has 24 heavy (non-hydrogen) atoms. The Kier molecular flexibility index (Phi) is 7.45. The maximum atomic E-state index is 12.5. The fraction of sp³-hybridized carbons (Fsp3) is 0.722. The van der Waals surface area contributed by atoms with Crippen molar-refractivity contribution in [1.29, 1.82) is 0 Å². The SMILES string of the molecule is CCCN(CC(=O)Nc1cc(C)on1)C(=O)C[C@H](C)CC(C)(C)C. The molecular weight excluding hydrogens is 306 g/mol. The number of nitrogens with zero attached hydrogens (tertiary/aromatic N) is 2. The Morgan fingerprint density at radius 3 is 2.54 bits per heavy atom. The normalized spacial score (nSPS) is 12.8. The summed E-state index contributed by atoms with van der Waals surface area (Å²) >= 11 is 0. The first-order valence-corrected chi connectivity index (χ1v) is 8.61. The largest absolute Gasteiger partial charge is 0.360 e. The van der Waals surface area contributed by atoms with E-state index in [1.807, 2.05) is 6.92 Å². The Bertz CT molecular complexity index is 546. The Balaban J connectivity index is 2.58. The lowest BCUT2D eigenvalue weighted by Crippen LogP contribution is -2.39. The van der Waals surface area contributed by atoms with Crippen LogP contribution in [0.15, 0.2) is 10.6 Å². The first kappa shape index (κ1) is 20.2. The third-order valence-corrected chi connectivity index (χ3v) is 3.56. The highest BCUT2D eigenvalue weighted by Crippen LogP contribution is 2.26. The number of rotatable bonds is 8. The first-order valence-electron chi connectivity index (χ1n) is 8.61. The number of hydrogen-bond donors (Lipinski definition) is 1. The van der Waals surface area contributed by atoms with Crippen LogP contribution in [-0.4, -0.2) is 35.0 Å². The summed E-state index contributed by atoms with van der Waals surface area (Å²) in [6.45, 7) is 13.0. The van der Waals surface area contributed by atoms with Crippen LogP contribution in [0.1, 0.15) is 59.6 Å². The van der Waals surface area contributed by atoms with E-state index >= 15 is 0 Å². The van der Waals surface area contributed by atoms with E-state index in [9.17, 15) is 9.59 Å².